The molecule has 3 rings (SSSR count). The van der Waals surface area contributed by atoms with Crippen molar-refractivity contribution in [1.82, 2.24) is 14.6 Å². The maximum atomic E-state index is 12.7. The Morgan fingerprint density at radius 2 is 2.00 bits per heavy atom. The van der Waals surface area contributed by atoms with E-state index in [1.165, 1.54) is 16.7 Å². The van der Waals surface area contributed by atoms with Gasteiger partial charge in [0.05, 0.1) is 26.0 Å². The van der Waals surface area contributed by atoms with Crippen molar-refractivity contribution in [1.29, 1.82) is 0 Å². The van der Waals surface area contributed by atoms with Crippen molar-refractivity contribution in [3.8, 4) is 17.4 Å². The number of methoxy groups -OCH3 is 2. The highest BCUT2D eigenvalue weighted by molar-refractivity contribution is 7.71. The zero-order valence-corrected chi connectivity index (χ0v) is 19.5. The molecule has 0 radical (unpaired) electrons. The number of aromatic nitrogens is 2. The molecule has 1 aliphatic heterocycles. The van der Waals surface area contributed by atoms with E-state index >= 15 is 0 Å². The molecule has 2 heterocycles. The lowest BCUT2D eigenvalue weighted by Gasteiger charge is -2.22. The fourth-order valence-corrected chi connectivity index (χ4v) is 3.99. The number of hydrogen-bond donors (Lipinski definition) is 2. The van der Waals surface area contributed by atoms with Crippen LogP contribution in [0.3, 0.4) is 0 Å². The zero-order chi connectivity index (χ0) is 23.4. The topological polar surface area (TPSA) is 109 Å². The van der Waals surface area contributed by atoms with Crippen molar-refractivity contribution < 1.29 is 19.4 Å². The number of benzene rings is 1. The third kappa shape index (κ3) is 4.40. The lowest BCUT2D eigenvalue weighted by molar-refractivity contribution is -0.132. The van der Waals surface area contributed by atoms with Gasteiger partial charge in [-0.25, -0.2) is 5.01 Å². The summed E-state index contributed by atoms with van der Waals surface area (Å²) < 4.78 is 12.3. The van der Waals surface area contributed by atoms with E-state index in [1.54, 1.807) is 26.2 Å². The van der Waals surface area contributed by atoms with Gasteiger partial charge >= 0.3 is 0 Å². The monoisotopic (exact) mass is 460 g/mol. The zero-order valence-electron chi connectivity index (χ0n) is 18.7. The second kappa shape index (κ2) is 9.99. The lowest BCUT2D eigenvalue weighted by Crippen LogP contribution is -2.26. The van der Waals surface area contributed by atoms with E-state index in [-0.39, 0.29) is 35.0 Å². The Morgan fingerprint density at radius 3 is 2.62 bits per heavy atom. The van der Waals surface area contributed by atoms with Gasteiger partial charge in [0.25, 0.3) is 5.56 Å². The van der Waals surface area contributed by atoms with Crippen molar-refractivity contribution in [3.05, 3.63) is 44.5 Å². The van der Waals surface area contributed by atoms with Crippen LogP contribution in [0, 0.1) is 4.77 Å². The van der Waals surface area contributed by atoms with Gasteiger partial charge in [-0.05, 0) is 36.3 Å². The summed E-state index contributed by atoms with van der Waals surface area (Å²) in [5, 5.41) is 16.7. The highest BCUT2D eigenvalue weighted by Gasteiger charge is 2.35. The molecule has 0 saturated carbocycles. The summed E-state index contributed by atoms with van der Waals surface area (Å²) >= 11 is 5.23. The normalized spacial score (nSPS) is 15.6. The van der Waals surface area contributed by atoms with Gasteiger partial charge in [-0.3, -0.25) is 19.1 Å². The highest BCUT2D eigenvalue weighted by atomic mass is 32.1. The average Bonchev–Trinajstić information content (AvgIpc) is 3.22. The van der Waals surface area contributed by atoms with E-state index in [0.717, 1.165) is 18.4 Å². The maximum Gasteiger partial charge on any atom is 0.264 e. The first-order chi connectivity index (χ1) is 15.4. The summed E-state index contributed by atoms with van der Waals surface area (Å²) in [6, 6.07) is 4.92. The molecule has 2 N–H and O–H groups in total. The summed E-state index contributed by atoms with van der Waals surface area (Å²) in [4.78, 5) is 28.0. The van der Waals surface area contributed by atoms with Crippen molar-refractivity contribution >= 4 is 23.8 Å². The number of amides is 1. The molecule has 1 amide bonds. The molecular formula is C22H28N4O5S. The van der Waals surface area contributed by atoms with Crippen LogP contribution in [0.2, 0.25) is 0 Å². The van der Waals surface area contributed by atoms with Crippen molar-refractivity contribution in [2.24, 2.45) is 5.10 Å². The van der Waals surface area contributed by atoms with E-state index in [4.69, 9.17) is 21.7 Å². The molecule has 10 heteroatoms. The van der Waals surface area contributed by atoms with Crippen LogP contribution >= 0.6 is 12.2 Å². The summed E-state index contributed by atoms with van der Waals surface area (Å²) in [6.45, 7) is 4.24. The smallest absolute Gasteiger partial charge is 0.264 e. The van der Waals surface area contributed by atoms with Crippen molar-refractivity contribution in [2.45, 2.75) is 52.1 Å². The largest absolute Gasteiger partial charge is 0.494 e. The highest BCUT2D eigenvalue weighted by Crippen LogP contribution is 2.38. The first-order valence-electron chi connectivity index (χ1n) is 10.5. The lowest BCUT2D eigenvalue weighted by atomic mass is 9.98. The van der Waals surface area contributed by atoms with E-state index in [1.807, 2.05) is 13.0 Å². The minimum atomic E-state index is -0.532. The summed E-state index contributed by atoms with van der Waals surface area (Å²) in [7, 11) is 3.09. The first kappa shape index (κ1) is 23.5. The number of nitrogens with zero attached hydrogens (tertiary/aromatic N) is 3. The molecule has 0 aliphatic carbocycles. The number of unbranched alkanes of at least 4 members (excludes halogenated alkanes) is 1. The fourth-order valence-electron chi connectivity index (χ4n) is 3.72. The van der Waals surface area contributed by atoms with Gasteiger partial charge in [-0.2, -0.15) is 5.10 Å². The molecule has 0 unspecified atom stereocenters. The summed E-state index contributed by atoms with van der Waals surface area (Å²) in [6.07, 6.45) is 2.18. The van der Waals surface area contributed by atoms with E-state index < -0.39 is 11.6 Å². The average molecular weight is 461 g/mol. The van der Waals surface area contributed by atoms with Crippen LogP contribution in [-0.2, 0) is 11.3 Å². The number of ether oxygens (including phenoxy) is 2. The van der Waals surface area contributed by atoms with Crippen LogP contribution in [0.1, 0.15) is 56.7 Å². The van der Waals surface area contributed by atoms with Gasteiger partial charge in [0.2, 0.25) is 11.8 Å². The number of carbonyl (C=O) groups excluding carboxylic acids is 1. The second-order valence-corrected chi connectivity index (χ2v) is 7.82. The Bertz CT molecular complexity index is 1150. The molecule has 1 atom stereocenters. The van der Waals surface area contributed by atoms with E-state index in [0.29, 0.717) is 23.8 Å². The molecule has 1 aliphatic rings. The quantitative estimate of drug-likeness (QED) is 0.584. The SMILES string of the molecule is CCCCn1c(O)c(C2=NN(C(=O)CC)[C@H](c3ccc(OC)c(OC)c3)C2)c(=O)[nH]c1=S. The molecule has 0 spiro atoms. The van der Waals surface area contributed by atoms with E-state index in [9.17, 15) is 14.7 Å². The molecule has 0 fully saturated rings. The van der Waals surface area contributed by atoms with Crippen molar-refractivity contribution in [3.63, 3.8) is 0 Å². The minimum Gasteiger partial charge on any atom is -0.494 e. The molecule has 1 aromatic carbocycles. The number of aromatic hydroxyl groups is 1. The first-order valence-corrected chi connectivity index (χ1v) is 10.9. The van der Waals surface area contributed by atoms with Crippen LogP contribution in [-0.4, -0.2) is 45.5 Å². The third-order valence-corrected chi connectivity index (χ3v) is 5.78. The number of hydrogen-bond acceptors (Lipinski definition) is 7. The predicted molar refractivity (Wildman–Crippen MR) is 123 cm³/mol. The van der Waals surface area contributed by atoms with Gasteiger partial charge in [-0.15, -0.1) is 0 Å². The summed E-state index contributed by atoms with van der Waals surface area (Å²) in [5.41, 5.74) is 0.603. The van der Waals surface area contributed by atoms with Crippen LogP contribution in [0.4, 0.5) is 0 Å². The Kier molecular flexibility index (Phi) is 7.34. The Morgan fingerprint density at radius 1 is 1.28 bits per heavy atom. The van der Waals surface area contributed by atoms with Crippen LogP contribution < -0.4 is 15.0 Å². The Balaban J connectivity index is 2.08. The standard InChI is InChI=1S/C22H28N4O5S/c1-5-7-10-25-21(29)19(20(28)23-22(25)32)14-12-15(26(24-14)18(27)6-2)13-8-9-16(30-3)17(11-13)31-4/h8-9,11,15,29H,5-7,10,12H2,1-4H3,(H,23,28,32)/t15-/m0/s1. The molecule has 0 saturated heterocycles. The third-order valence-electron chi connectivity index (χ3n) is 5.46. The molecule has 2 aromatic rings. The molecule has 172 valence electrons. The van der Waals surface area contributed by atoms with Gasteiger partial charge in [0.1, 0.15) is 5.56 Å². The number of H-pyrrole nitrogens is 1. The number of hydrazone groups is 1. The maximum absolute atomic E-state index is 12.7. The molecule has 1 aromatic heterocycles. The van der Waals surface area contributed by atoms with Crippen LogP contribution in [0.25, 0.3) is 0 Å². The number of rotatable bonds is 8. The van der Waals surface area contributed by atoms with Gasteiger partial charge in [-0.1, -0.05) is 26.3 Å². The second-order valence-electron chi connectivity index (χ2n) is 7.44. The molecule has 32 heavy (non-hydrogen) atoms. The van der Waals surface area contributed by atoms with Crippen LogP contribution in [0.5, 0.6) is 17.4 Å². The number of carbonyl (C=O) groups is 1. The van der Waals surface area contributed by atoms with Crippen LogP contribution in [0.15, 0.2) is 28.1 Å². The van der Waals surface area contributed by atoms with Crippen molar-refractivity contribution in [2.75, 3.05) is 14.2 Å². The number of nitrogens with one attached hydrogen (secondary N) is 1. The molecule has 0 bridgehead atoms. The van der Waals surface area contributed by atoms with Gasteiger partial charge in [0, 0.05) is 19.4 Å². The predicted octanol–water partition coefficient (Wildman–Crippen LogP) is 3.52. The van der Waals surface area contributed by atoms with Gasteiger partial charge in [0.15, 0.2) is 16.3 Å². The molecular weight excluding hydrogens is 432 g/mol. The van der Waals surface area contributed by atoms with E-state index in [2.05, 4.69) is 10.1 Å². The summed E-state index contributed by atoms with van der Waals surface area (Å²) in [5.74, 6) is 0.656. The Labute approximate surface area is 191 Å². The minimum absolute atomic E-state index is 0.0339. The molecule has 9 nitrogen and oxygen atoms in total. The fraction of sp³-hybridized carbons (Fsp3) is 0.455. The Hall–Kier alpha value is -3.14. The van der Waals surface area contributed by atoms with Gasteiger partial charge < -0.3 is 14.6 Å². The number of aromatic amines is 1.